The Morgan fingerprint density at radius 3 is 2.69 bits per heavy atom. The summed E-state index contributed by atoms with van der Waals surface area (Å²) in [7, 11) is 0. The second-order valence-electron chi connectivity index (χ2n) is 2.99. The first-order valence-corrected chi connectivity index (χ1v) is 4.13. The normalized spacial score (nSPS) is 10.5. The molecule has 0 aliphatic rings. The number of benzene rings is 2. The van der Waals surface area contributed by atoms with Crippen molar-refractivity contribution in [3.8, 4) is 5.75 Å². The van der Waals surface area contributed by atoms with Gasteiger partial charge in [-0.2, -0.15) is 0 Å². The predicted octanol–water partition coefficient (Wildman–Crippen LogP) is 2.04. The molecule has 66 valence electrons. The molecule has 0 unspecified atom stereocenters. The van der Waals surface area contributed by atoms with Crippen LogP contribution in [0.4, 0.5) is 0 Å². The molecule has 2 aromatic rings. The van der Waals surface area contributed by atoms with Gasteiger partial charge in [-0.05, 0) is 23.1 Å². The van der Waals surface area contributed by atoms with Gasteiger partial charge in [0, 0.05) is 5.39 Å². The molecule has 2 rings (SSSR count). The Labute approximate surface area is 76.1 Å². The van der Waals surface area contributed by atoms with E-state index >= 15 is 0 Å². The minimum atomic E-state index is 0.0333. The van der Waals surface area contributed by atoms with E-state index in [1.54, 1.807) is 12.1 Å². The number of aliphatic hydroxyl groups is 1. The highest BCUT2D eigenvalue weighted by atomic mass is 16.3. The monoisotopic (exact) mass is 174 g/mol. The van der Waals surface area contributed by atoms with E-state index in [4.69, 9.17) is 5.11 Å². The van der Waals surface area contributed by atoms with Gasteiger partial charge in [0.1, 0.15) is 5.75 Å². The van der Waals surface area contributed by atoms with Crippen LogP contribution in [0.25, 0.3) is 10.8 Å². The van der Waals surface area contributed by atoms with Crippen molar-refractivity contribution in [2.45, 2.75) is 6.61 Å². The maximum absolute atomic E-state index is 9.47. The molecule has 0 saturated carbocycles. The lowest BCUT2D eigenvalue weighted by Gasteiger charge is -2.02. The molecule has 2 nitrogen and oxygen atoms in total. The molecule has 0 atom stereocenters. The third-order valence-corrected chi connectivity index (χ3v) is 2.10. The predicted molar refractivity (Wildman–Crippen MR) is 51.5 cm³/mol. The van der Waals surface area contributed by atoms with E-state index in [0.29, 0.717) is 0 Å². The number of aliphatic hydroxyl groups excluding tert-OH is 1. The van der Waals surface area contributed by atoms with Crippen molar-refractivity contribution >= 4 is 10.8 Å². The van der Waals surface area contributed by atoms with Gasteiger partial charge in [0.15, 0.2) is 0 Å². The third-order valence-electron chi connectivity index (χ3n) is 2.10. The molecule has 0 aliphatic heterocycles. The van der Waals surface area contributed by atoms with Crippen molar-refractivity contribution < 1.29 is 10.2 Å². The van der Waals surface area contributed by atoms with Gasteiger partial charge >= 0.3 is 0 Å². The molecule has 0 bridgehead atoms. The zero-order valence-corrected chi connectivity index (χ0v) is 7.07. The molecule has 0 fully saturated rings. The number of phenolic OH excluding ortho intramolecular Hbond substituents is 1. The van der Waals surface area contributed by atoms with Gasteiger partial charge in [0.25, 0.3) is 0 Å². The Morgan fingerprint density at radius 2 is 1.92 bits per heavy atom. The van der Waals surface area contributed by atoms with Crippen LogP contribution in [-0.4, -0.2) is 10.2 Å². The quantitative estimate of drug-likeness (QED) is 0.694. The number of hydrogen-bond donors (Lipinski definition) is 2. The van der Waals surface area contributed by atoms with Gasteiger partial charge in [-0.15, -0.1) is 0 Å². The van der Waals surface area contributed by atoms with E-state index in [1.165, 1.54) is 0 Å². The molecule has 2 aromatic carbocycles. The highest BCUT2D eigenvalue weighted by Crippen LogP contribution is 2.24. The van der Waals surface area contributed by atoms with Gasteiger partial charge in [-0.1, -0.05) is 24.3 Å². The highest BCUT2D eigenvalue weighted by molar-refractivity contribution is 5.88. The largest absolute Gasteiger partial charge is 0.507 e. The maximum atomic E-state index is 9.47. The Bertz CT molecular complexity index is 435. The fraction of sp³-hybridized carbons (Fsp3) is 0.0909. The Balaban J connectivity index is 2.72. The van der Waals surface area contributed by atoms with E-state index in [0.717, 1.165) is 16.3 Å². The highest BCUT2D eigenvalue weighted by Gasteiger charge is 1.98. The summed E-state index contributed by atoms with van der Waals surface area (Å²) >= 11 is 0. The summed E-state index contributed by atoms with van der Waals surface area (Å²) in [5, 5.41) is 20.1. The van der Waals surface area contributed by atoms with Crippen LogP contribution in [-0.2, 0) is 6.61 Å². The number of phenols is 1. The fourth-order valence-corrected chi connectivity index (χ4v) is 1.41. The minimum absolute atomic E-state index is 0.0333. The van der Waals surface area contributed by atoms with E-state index in [9.17, 15) is 5.11 Å². The zero-order chi connectivity index (χ0) is 9.26. The standard InChI is InChI=1S/C11H10O2/c12-7-8-4-5-10-9(6-8)2-1-3-11(10)13/h1-6,12-13H,7H2. The molecule has 0 heterocycles. The van der Waals surface area contributed by atoms with Crippen LogP contribution in [0.1, 0.15) is 5.56 Å². The summed E-state index contributed by atoms with van der Waals surface area (Å²) in [6.45, 7) is 0.0333. The van der Waals surface area contributed by atoms with Crippen molar-refractivity contribution in [2.24, 2.45) is 0 Å². The van der Waals surface area contributed by atoms with Gasteiger partial charge in [-0.3, -0.25) is 0 Å². The summed E-state index contributed by atoms with van der Waals surface area (Å²) in [4.78, 5) is 0. The second kappa shape index (κ2) is 3.07. The smallest absolute Gasteiger partial charge is 0.123 e. The van der Waals surface area contributed by atoms with Crippen molar-refractivity contribution in [3.63, 3.8) is 0 Å². The van der Waals surface area contributed by atoms with Crippen LogP contribution in [0.15, 0.2) is 36.4 Å². The first kappa shape index (κ1) is 8.08. The van der Waals surface area contributed by atoms with Crippen molar-refractivity contribution in [3.05, 3.63) is 42.0 Å². The lowest BCUT2D eigenvalue weighted by Crippen LogP contribution is -1.82. The molecular weight excluding hydrogens is 164 g/mol. The number of fused-ring (bicyclic) bond motifs is 1. The Morgan fingerprint density at radius 1 is 1.08 bits per heavy atom. The van der Waals surface area contributed by atoms with Crippen molar-refractivity contribution in [1.82, 2.24) is 0 Å². The lowest BCUT2D eigenvalue weighted by atomic mass is 10.1. The molecule has 0 aliphatic carbocycles. The molecule has 2 heteroatoms. The first-order valence-electron chi connectivity index (χ1n) is 4.13. The lowest BCUT2D eigenvalue weighted by molar-refractivity contribution is 0.282. The average Bonchev–Trinajstić information content (AvgIpc) is 2.18. The summed E-state index contributed by atoms with van der Waals surface area (Å²) in [5.74, 6) is 0.280. The topological polar surface area (TPSA) is 40.5 Å². The average molecular weight is 174 g/mol. The molecular formula is C11H10O2. The van der Waals surface area contributed by atoms with Crippen molar-refractivity contribution in [2.75, 3.05) is 0 Å². The first-order chi connectivity index (χ1) is 6.31. The number of aromatic hydroxyl groups is 1. The van der Waals surface area contributed by atoms with Gasteiger partial charge < -0.3 is 10.2 Å². The molecule has 0 amide bonds. The van der Waals surface area contributed by atoms with Crippen LogP contribution < -0.4 is 0 Å². The molecule has 0 spiro atoms. The van der Waals surface area contributed by atoms with Gasteiger partial charge in [-0.25, -0.2) is 0 Å². The summed E-state index contributed by atoms with van der Waals surface area (Å²) in [5.41, 5.74) is 0.859. The number of hydrogen-bond acceptors (Lipinski definition) is 2. The van der Waals surface area contributed by atoms with Gasteiger partial charge in [0.2, 0.25) is 0 Å². The molecule has 13 heavy (non-hydrogen) atoms. The second-order valence-corrected chi connectivity index (χ2v) is 2.99. The third kappa shape index (κ3) is 1.36. The number of rotatable bonds is 1. The van der Waals surface area contributed by atoms with Gasteiger partial charge in [0.05, 0.1) is 6.61 Å². The fourth-order valence-electron chi connectivity index (χ4n) is 1.41. The van der Waals surface area contributed by atoms with Crippen LogP contribution >= 0.6 is 0 Å². The van der Waals surface area contributed by atoms with E-state index in [2.05, 4.69) is 0 Å². The van der Waals surface area contributed by atoms with E-state index < -0.39 is 0 Å². The van der Waals surface area contributed by atoms with Crippen molar-refractivity contribution in [1.29, 1.82) is 0 Å². The van der Waals surface area contributed by atoms with Crippen LogP contribution in [0.2, 0.25) is 0 Å². The SMILES string of the molecule is OCc1ccc2c(O)cccc2c1. The molecule has 0 radical (unpaired) electrons. The summed E-state index contributed by atoms with van der Waals surface area (Å²) in [6.07, 6.45) is 0. The van der Waals surface area contributed by atoms with Crippen LogP contribution in [0.5, 0.6) is 5.75 Å². The Kier molecular flexibility index (Phi) is 1.91. The maximum Gasteiger partial charge on any atom is 0.123 e. The summed E-state index contributed by atoms with van der Waals surface area (Å²) < 4.78 is 0. The van der Waals surface area contributed by atoms with E-state index in [1.807, 2.05) is 24.3 Å². The zero-order valence-electron chi connectivity index (χ0n) is 7.07. The summed E-state index contributed by atoms with van der Waals surface area (Å²) in [6, 6.07) is 10.8. The molecule has 0 aromatic heterocycles. The minimum Gasteiger partial charge on any atom is -0.507 e. The van der Waals surface area contributed by atoms with Crippen LogP contribution in [0, 0.1) is 0 Å². The Hall–Kier alpha value is -1.54. The molecule has 2 N–H and O–H groups in total. The van der Waals surface area contributed by atoms with Crippen LogP contribution in [0.3, 0.4) is 0 Å². The molecule has 0 saturated heterocycles. The van der Waals surface area contributed by atoms with E-state index in [-0.39, 0.29) is 12.4 Å².